The number of hydrogen-bond acceptors (Lipinski definition) is 0. The van der Waals surface area contributed by atoms with E-state index in [0.717, 1.165) is 12.1 Å². The van der Waals surface area contributed by atoms with Gasteiger partial charge in [-0.15, -0.1) is 22.2 Å². The van der Waals surface area contributed by atoms with Crippen molar-refractivity contribution in [3.05, 3.63) is 0 Å². The molecule has 0 aliphatic heterocycles. The summed E-state index contributed by atoms with van der Waals surface area (Å²) in [7, 11) is 0. The van der Waals surface area contributed by atoms with Gasteiger partial charge in [0, 0.05) is 0 Å². The van der Waals surface area contributed by atoms with Crippen LogP contribution in [0.5, 0.6) is 0 Å². The molecule has 0 aliphatic rings. The van der Waals surface area contributed by atoms with E-state index in [1.54, 1.807) is 0 Å². The van der Waals surface area contributed by atoms with Crippen molar-refractivity contribution in [3.63, 3.8) is 0 Å². The molecule has 0 spiro atoms. The van der Waals surface area contributed by atoms with E-state index < -0.39 is 6.69 Å². The van der Waals surface area contributed by atoms with E-state index in [4.69, 9.17) is 22.2 Å². The minimum absolute atomic E-state index is 1.11. The molecule has 27 heavy (non-hydrogen) atoms. The monoisotopic (exact) mass is 436 g/mol. The van der Waals surface area contributed by atoms with Crippen molar-refractivity contribution >= 4 is 28.9 Å². The van der Waals surface area contributed by atoms with Crippen LogP contribution in [0.4, 0.5) is 0 Å². The molecule has 0 aromatic carbocycles. The summed E-state index contributed by atoms with van der Waals surface area (Å²) in [5.74, 6) is 0. The van der Waals surface area contributed by atoms with Crippen LogP contribution in [0.2, 0.25) is 12.1 Å². The molecule has 0 saturated heterocycles. The Kier molecular flexibility index (Phi) is 22.1. The van der Waals surface area contributed by atoms with E-state index in [-0.39, 0.29) is 0 Å². The maximum absolute atomic E-state index is 6.58. The summed E-state index contributed by atoms with van der Waals surface area (Å²) in [6.07, 6.45) is 27.9. The molecular weight excluding hydrogens is 387 g/mol. The third-order valence-electron chi connectivity index (χ3n) is 5.79. The molecular formula is C24H50Cl2Si. The standard InChI is InChI=1S/C24H50Cl2Si/c1-3-5-7-9-10-11-12-13-14-15-16-17-18-19-20-22-24-27(25,26)23-21-8-6-4-2/h3-24H2,1-2H3. The number of halogens is 2. The van der Waals surface area contributed by atoms with Gasteiger partial charge in [-0.05, 0) is 12.1 Å². The van der Waals surface area contributed by atoms with Crippen molar-refractivity contribution in [1.82, 2.24) is 0 Å². The third-order valence-corrected chi connectivity index (χ3v) is 10.2. The Hall–Kier alpha value is 0.797. The van der Waals surface area contributed by atoms with E-state index in [0.29, 0.717) is 0 Å². The largest absolute Gasteiger partial charge is 0.251 e. The zero-order valence-corrected chi connectivity index (χ0v) is 21.3. The van der Waals surface area contributed by atoms with Crippen molar-refractivity contribution in [2.75, 3.05) is 0 Å². The van der Waals surface area contributed by atoms with Gasteiger partial charge in [0.1, 0.15) is 0 Å². The van der Waals surface area contributed by atoms with E-state index in [2.05, 4.69) is 13.8 Å². The molecule has 164 valence electrons. The van der Waals surface area contributed by atoms with Gasteiger partial charge in [-0.2, -0.15) is 0 Å². The first kappa shape index (κ1) is 27.8. The molecule has 0 aromatic rings. The molecule has 0 aromatic heterocycles. The molecule has 3 heteroatoms. The lowest BCUT2D eigenvalue weighted by atomic mass is 10.0. The highest BCUT2D eigenvalue weighted by Crippen LogP contribution is 2.30. The number of hydrogen-bond donors (Lipinski definition) is 0. The number of unbranched alkanes of at least 4 members (excludes halogenated alkanes) is 18. The van der Waals surface area contributed by atoms with Gasteiger partial charge in [0.05, 0.1) is 0 Å². The zero-order valence-electron chi connectivity index (χ0n) is 18.8. The van der Waals surface area contributed by atoms with Gasteiger partial charge in [-0.25, -0.2) is 0 Å². The van der Waals surface area contributed by atoms with E-state index in [9.17, 15) is 0 Å². The lowest BCUT2D eigenvalue weighted by Gasteiger charge is -2.16. The molecule has 0 N–H and O–H groups in total. The highest BCUT2D eigenvalue weighted by atomic mass is 35.7. The summed E-state index contributed by atoms with van der Waals surface area (Å²) in [4.78, 5) is 0. The van der Waals surface area contributed by atoms with Crippen molar-refractivity contribution in [2.45, 2.75) is 154 Å². The normalized spacial score (nSPS) is 12.0. The fourth-order valence-corrected chi connectivity index (χ4v) is 7.26. The molecule has 0 saturated carbocycles. The van der Waals surface area contributed by atoms with Crippen molar-refractivity contribution in [3.8, 4) is 0 Å². The summed E-state index contributed by atoms with van der Waals surface area (Å²) in [6.45, 7) is 2.63. The van der Waals surface area contributed by atoms with Crippen LogP contribution in [0.15, 0.2) is 0 Å². The molecule has 0 nitrogen and oxygen atoms in total. The van der Waals surface area contributed by atoms with E-state index in [1.165, 1.54) is 128 Å². The van der Waals surface area contributed by atoms with Gasteiger partial charge in [0.25, 0.3) is 6.69 Å². The first-order valence-corrected chi connectivity index (χ1v) is 16.9. The van der Waals surface area contributed by atoms with Gasteiger partial charge >= 0.3 is 0 Å². The molecule has 0 unspecified atom stereocenters. The van der Waals surface area contributed by atoms with E-state index >= 15 is 0 Å². The Morgan fingerprint density at radius 1 is 0.370 bits per heavy atom. The fourth-order valence-electron chi connectivity index (χ4n) is 3.87. The van der Waals surface area contributed by atoms with Gasteiger partial charge < -0.3 is 0 Å². The third kappa shape index (κ3) is 22.9. The molecule has 0 atom stereocenters. The predicted octanol–water partition coefficient (Wildman–Crippen LogP) is 10.7. The molecule has 0 radical (unpaired) electrons. The minimum atomic E-state index is -1.92. The van der Waals surface area contributed by atoms with Crippen LogP contribution >= 0.6 is 22.2 Å². The second kappa shape index (κ2) is 21.5. The molecule has 0 heterocycles. The maximum atomic E-state index is 6.58. The highest BCUT2D eigenvalue weighted by Gasteiger charge is 2.26. The predicted molar refractivity (Wildman–Crippen MR) is 131 cm³/mol. The van der Waals surface area contributed by atoms with Gasteiger partial charge in [0.2, 0.25) is 0 Å². The zero-order chi connectivity index (χ0) is 20.1. The van der Waals surface area contributed by atoms with Gasteiger partial charge in [-0.1, -0.05) is 142 Å². The van der Waals surface area contributed by atoms with E-state index in [1.807, 2.05) is 0 Å². The lowest BCUT2D eigenvalue weighted by molar-refractivity contribution is 0.531. The van der Waals surface area contributed by atoms with Crippen molar-refractivity contribution in [2.24, 2.45) is 0 Å². The van der Waals surface area contributed by atoms with Crippen LogP contribution in [0.25, 0.3) is 0 Å². The molecule has 0 rings (SSSR count). The fraction of sp³-hybridized carbons (Fsp3) is 1.00. The van der Waals surface area contributed by atoms with Crippen molar-refractivity contribution in [1.29, 1.82) is 0 Å². The Bertz CT molecular complexity index is 282. The Balaban J connectivity index is 3.20. The van der Waals surface area contributed by atoms with Crippen LogP contribution in [0.1, 0.15) is 142 Å². The van der Waals surface area contributed by atoms with Crippen molar-refractivity contribution < 1.29 is 0 Å². The average Bonchev–Trinajstić information content (AvgIpc) is 2.65. The van der Waals surface area contributed by atoms with Gasteiger partial charge in [-0.3, -0.25) is 0 Å². The summed E-state index contributed by atoms with van der Waals surface area (Å²) in [5, 5.41) is 0. The topological polar surface area (TPSA) is 0 Å². The van der Waals surface area contributed by atoms with Crippen LogP contribution in [0, 0.1) is 0 Å². The van der Waals surface area contributed by atoms with Crippen LogP contribution in [-0.4, -0.2) is 6.69 Å². The lowest BCUT2D eigenvalue weighted by Crippen LogP contribution is -2.18. The van der Waals surface area contributed by atoms with Crippen LogP contribution < -0.4 is 0 Å². The Morgan fingerprint density at radius 3 is 0.889 bits per heavy atom. The smallest absolute Gasteiger partial charge is 0.146 e. The summed E-state index contributed by atoms with van der Waals surface area (Å²) < 4.78 is 0. The maximum Gasteiger partial charge on any atom is 0.251 e. The molecule has 0 aliphatic carbocycles. The first-order chi connectivity index (χ1) is 13.1. The average molecular weight is 438 g/mol. The second-order valence-electron chi connectivity index (χ2n) is 8.72. The molecule has 0 amide bonds. The minimum Gasteiger partial charge on any atom is -0.146 e. The molecule has 0 bridgehead atoms. The summed E-state index contributed by atoms with van der Waals surface area (Å²) >= 11 is 13.2. The quantitative estimate of drug-likeness (QED) is 0.0897. The second-order valence-corrected chi connectivity index (χ2v) is 16.4. The summed E-state index contributed by atoms with van der Waals surface area (Å²) in [5.41, 5.74) is 0. The Morgan fingerprint density at radius 2 is 0.593 bits per heavy atom. The SMILES string of the molecule is CCCCCCCCCCCCCCCCCC[Si](Cl)(Cl)CCCCCC. The summed E-state index contributed by atoms with van der Waals surface area (Å²) in [6, 6.07) is 2.22. The Labute approximate surface area is 183 Å². The molecule has 0 fully saturated rings. The highest BCUT2D eigenvalue weighted by molar-refractivity contribution is 7.45. The van der Waals surface area contributed by atoms with Crippen LogP contribution in [0.3, 0.4) is 0 Å². The van der Waals surface area contributed by atoms with Gasteiger partial charge in [0.15, 0.2) is 0 Å². The first-order valence-electron chi connectivity index (χ1n) is 12.5. The number of rotatable bonds is 22. The van der Waals surface area contributed by atoms with Crippen LogP contribution in [-0.2, 0) is 0 Å².